The maximum absolute atomic E-state index is 12.1. The Hall–Kier alpha value is -2.53. The fourth-order valence-electron chi connectivity index (χ4n) is 2.47. The van der Waals surface area contributed by atoms with Crippen LogP contribution in [0.4, 0.5) is 5.69 Å². The van der Waals surface area contributed by atoms with Crippen LogP contribution in [-0.2, 0) is 16.1 Å². The molecular weight excluding hydrogens is 328 g/mol. The summed E-state index contributed by atoms with van der Waals surface area (Å²) in [5.41, 5.74) is 2.48. The molecule has 0 unspecified atom stereocenters. The predicted octanol–water partition coefficient (Wildman–Crippen LogP) is 3.05. The van der Waals surface area contributed by atoms with Crippen LogP contribution < -0.4 is 15.4 Å². The molecule has 1 atom stereocenters. The van der Waals surface area contributed by atoms with E-state index in [-0.39, 0.29) is 18.2 Å². The molecule has 0 aliphatic carbocycles. The molecule has 0 saturated heterocycles. The molecule has 0 fully saturated rings. The zero-order valence-corrected chi connectivity index (χ0v) is 13.9. The van der Waals surface area contributed by atoms with Gasteiger partial charge in [0.25, 0.3) is 5.91 Å². The van der Waals surface area contributed by atoms with Gasteiger partial charge in [-0.05, 0) is 36.2 Å². The second-order valence-corrected chi connectivity index (χ2v) is 6.07. The summed E-state index contributed by atoms with van der Waals surface area (Å²) < 4.78 is 5.65. The number of fused-ring (bicyclic) bond motifs is 1. The van der Waals surface area contributed by atoms with Crippen molar-refractivity contribution in [2.24, 2.45) is 0 Å². The van der Waals surface area contributed by atoms with Crippen molar-refractivity contribution < 1.29 is 14.3 Å². The minimum absolute atomic E-state index is 0.0520. The number of carbonyl (C=O) groups is 2. The second-order valence-electron chi connectivity index (χ2n) is 5.67. The normalized spacial score (nSPS) is 15.9. The van der Waals surface area contributed by atoms with Gasteiger partial charge in [-0.3, -0.25) is 9.59 Å². The van der Waals surface area contributed by atoms with Crippen LogP contribution in [0.25, 0.3) is 0 Å². The maximum Gasteiger partial charge on any atom is 0.266 e. The molecule has 0 spiro atoms. The Bertz CT molecular complexity index is 792. The van der Waals surface area contributed by atoms with E-state index < -0.39 is 6.10 Å². The molecule has 1 aliphatic rings. The van der Waals surface area contributed by atoms with E-state index in [2.05, 4.69) is 10.6 Å². The zero-order valence-electron chi connectivity index (χ0n) is 13.1. The number of halogens is 1. The molecule has 2 aromatic rings. The third-order valence-corrected chi connectivity index (χ3v) is 4.13. The summed E-state index contributed by atoms with van der Waals surface area (Å²) in [7, 11) is 0. The molecule has 2 amide bonds. The van der Waals surface area contributed by atoms with E-state index in [1.54, 1.807) is 12.1 Å². The van der Waals surface area contributed by atoms with Crippen LogP contribution in [0.1, 0.15) is 17.5 Å². The van der Waals surface area contributed by atoms with Gasteiger partial charge < -0.3 is 15.4 Å². The second kappa shape index (κ2) is 6.93. The van der Waals surface area contributed by atoms with Gasteiger partial charge in [0.2, 0.25) is 5.91 Å². The lowest BCUT2D eigenvalue weighted by molar-refractivity contribution is -0.130. The van der Waals surface area contributed by atoms with Crippen molar-refractivity contribution in [3.05, 3.63) is 58.6 Å². The van der Waals surface area contributed by atoms with Gasteiger partial charge in [-0.25, -0.2) is 0 Å². The molecule has 2 N–H and O–H groups in total. The molecular formula is C18H17ClN2O3. The predicted molar refractivity (Wildman–Crippen MR) is 92.1 cm³/mol. The Balaban J connectivity index is 1.59. The van der Waals surface area contributed by atoms with E-state index >= 15 is 0 Å². The van der Waals surface area contributed by atoms with E-state index in [9.17, 15) is 9.59 Å². The van der Waals surface area contributed by atoms with Gasteiger partial charge in [-0.2, -0.15) is 0 Å². The van der Waals surface area contributed by atoms with Crippen molar-refractivity contribution in [2.75, 3.05) is 5.32 Å². The van der Waals surface area contributed by atoms with Crippen LogP contribution in [-0.4, -0.2) is 17.9 Å². The first-order valence-electron chi connectivity index (χ1n) is 7.61. The van der Waals surface area contributed by atoms with E-state index in [0.717, 1.165) is 11.1 Å². The number of hydrogen-bond donors (Lipinski definition) is 2. The molecule has 3 rings (SSSR count). The van der Waals surface area contributed by atoms with Crippen molar-refractivity contribution in [1.29, 1.82) is 0 Å². The van der Waals surface area contributed by atoms with Crippen molar-refractivity contribution in [3.8, 4) is 5.75 Å². The van der Waals surface area contributed by atoms with Gasteiger partial charge in [0, 0.05) is 11.6 Å². The molecule has 6 heteroatoms. The van der Waals surface area contributed by atoms with Gasteiger partial charge in [-0.1, -0.05) is 35.9 Å². The third-order valence-electron chi connectivity index (χ3n) is 3.76. The SMILES string of the molecule is Cc1ccc2c(c1)NC(=O)[C@@H](CC(=O)NCc1ccccc1Cl)O2. The van der Waals surface area contributed by atoms with Gasteiger partial charge in [0.05, 0.1) is 12.1 Å². The first-order valence-corrected chi connectivity index (χ1v) is 7.99. The summed E-state index contributed by atoms with van der Waals surface area (Å²) in [4.78, 5) is 24.2. The Morgan fingerprint density at radius 1 is 1.29 bits per heavy atom. The van der Waals surface area contributed by atoms with Crippen LogP contribution >= 0.6 is 11.6 Å². The standard InChI is InChI=1S/C18H17ClN2O3/c1-11-6-7-15-14(8-11)21-18(23)16(24-15)9-17(22)20-10-12-4-2-3-5-13(12)19/h2-8,16H,9-10H2,1H3,(H,20,22)(H,21,23)/t16-/m1/s1. The molecule has 0 aromatic heterocycles. The lowest BCUT2D eigenvalue weighted by atomic mass is 10.1. The molecule has 2 aromatic carbocycles. The van der Waals surface area contributed by atoms with Crippen molar-refractivity contribution in [1.82, 2.24) is 5.32 Å². The highest BCUT2D eigenvalue weighted by Gasteiger charge is 2.29. The topological polar surface area (TPSA) is 67.4 Å². The maximum atomic E-state index is 12.1. The summed E-state index contributed by atoms with van der Waals surface area (Å²) in [5.74, 6) is -0.0178. The minimum atomic E-state index is -0.841. The zero-order chi connectivity index (χ0) is 17.1. The molecule has 0 radical (unpaired) electrons. The van der Waals surface area contributed by atoms with E-state index in [0.29, 0.717) is 23.0 Å². The smallest absolute Gasteiger partial charge is 0.266 e. The highest BCUT2D eigenvalue weighted by Crippen LogP contribution is 2.31. The number of rotatable bonds is 4. The number of ether oxygens (including phenoxy) is 1. The Kier molecular flexibility index (Phi) is 4.71. The summed E-state index contributed by atoms with van der Waals surface area (Å²) in [6.45, 7) is 2.24. The molecule has 1 heterocycles. The quantitative estimate of drug-likeness (QED) is 0.895. The number of carbonyl (C=O) groups excluding carboxylic acids is 2. The van der Waals surface area contributed by atoms with Gasteiger partial charge >= 0.3 is 0 Å². The lowest BCUT2D eigenvalue weighted by Gasteiger charge is -2.25. The van der Waals surface area contributed by atoms with Crippen LogP contribution in [0, 0.1) is 6.92 Å². The fraction of sp³-hybridized carbons (Fsp3) is 0.222. The third kappa shape index (κ3) is 3.68. The van der Waals surface area contributed by atoms with Crippen LogP contribution in [0.5, 0.6) is 5.75 Å². The molecule has 5 nitrogen and oxygen atoms in total. The number of aryl methyl sites for hydroxylation is 1. The van der Waals surface area contributed by atoms with Crippen LogP contribution in [0.3, 0.4) is 0 Å². The lowest BCUT2D eigenvalue weighted by Crippen LogP contribution is -2.40. The summed E-state index contributed by atoms with van der Waals surface area (Å²) in [6.07, 6.45) is -0.893. The van der Waals surface area contributed by atoms with Gasteiger partial charge in [0.15, 0.2) is 6.10 Å². The fourth-order valence-corrected chi connectivity index (χ4v) is 2.68. The number of anilines is 1. The number of nitrogens with one attached hydrogen (secondary N) is 2. The Labute approximate surface area is 145 Å². The molecule has 0 bridgehead atoms. The number of amides is 2. The van der Waals surface area contributed by atoms with Crippen LogP contribution in [0.15, 0.2) is 42.5 Å². The van der Waals surface area contributed by atoms with E-state index in [1.807, 2.05) is 37.3 Å². The first kappa shape index (κ1) is 16.3. The van der Waals surface area contributed by atoms with E-state index in [4.69, 9.17) is 16.3 Å². The van der Waals surface area contributed by atoms with E-state index in [1.165, 1.54) is 0 Å². The summed E-state index contributed by atoms with van der Waals surface area (Å²) in [6, 6.07) is 12.8. The largest absolute Gasteiger partial charge is 0.478 e. The van der Waals surface area contributed by atoms with Crippen LogP contribution in [0.2, 0.25) is 5.02 Å². The first-order chi connectivity index (χ1) is 11.5. The number of benzene rings is 2. The molecule has 1 aliphatic heterocycles. The Morgan fingerprint density at radius 3 is 2.88 bits per heavy atom. The van der Waals surface area contributed by atoms with Gasteiger partial charge in [0.1, 0.15) is 5.75 Å². The van der Waals surface area contributed by atoms with Gasteiger partial charge in [-0.15, -0.1) is 0 Å². The number of hydrogen-bond acceptors (Lipinski definition) is 3. The average molecular weight is 345 g/mol. The van der Waals surface area contributed by atoms with Crippen molar-refractivity contribution in [2.45, 2.75) is 26.0 Å². The highest BCUT2D eigenvalue weighted by molar-refractivity contribution is 6.31. The van der Waals surface area contributed by atoms with Crippen molar-refractivity contribution in [3.63, 3.8) is 0 Å². The Morgan fingerprint density at radius 2 is 2.08 bits per heavy atom. The minimum Gasteiger partial charge on any atom is -0.478 e. The summed E-state index contributed by atoms with van der Waals surface area (Å²) in [5, 5.41) is 6.12. The molecule has 24 heavy (non-hydrogen) atoms. The summed E-state index contributed by atoms with van der Waals surface area (Å²) >= 11 is 6.05. The molecule has 0 saturated carbocycles. The molecule has 124 valence electrons. The monoisotopic (exact) mass is 344 g/mol. The highest BCUT2D eigenvalue weighted by atomic mass is 35.5. The average Bonchev–Trinajstić information content (AvgIpc) is 2.55. The van der Waals surface area contributed by atoms with Crippen molar-refractivity contribution >= 4 is 29.1 Å².